The molecular formula is C11H13N3O3. The number of hydrogen-bond donors (Lipinski definition) is 1. The number of fused-ring (bicyclic) bond motifs is 1. The van der Waals surface area contributed by atoms with Crippen LogP contribution in [0.25, 0.3) is 5.65 Å². The maximum Gasteiger partial charge on any atom is 0.222 e. The van der Waals surface area contributed by atoms with Crippen LogP contribution in [0.3, 0.4) is 0 Å². The molecule has 0 unspecified atom stereocenters. The average molecular weight is 235 g/mol. The van der Waals surface area contributed by atoms with Gasteiger partial charge in [-0.25, -0.2) is 0 Å². The number of nitrogens with zero attached hydrogens (tertiary/aromatic N) is 2. The lowest BCUT2D eigenvalue weighted by molar-refractivity contribution is -0.560. The number of aromatic amines is 1. The van der Waals surface area contributed by atoms with Crippen molar-refractivity contribution >= 4 is 5.65 Å². The van der Waals surface area contributed by atoms with E-state index in [1.54, 1.807) is 30.6 Å². The Balaban J connectivity index is 2.44. The number of hydrogen-bond acceptors (Lipinski definition) is 3. The highest BCUT2D eigenvalue weighted by Gasteiger charge is 2.31. The third-order valence-electron chi connectivity index (χ3n) is 2.73. The van der Waals surface area contributed by atoms with E-state index in [1.807, 2.05) is 0 Å². The van der Waals surface area contributed by atoms with E-state index in [2.05, 4.69) is 4.98 Å². The van der Waals surface area contributed by atoms with Crippen molar-refractivity contribution in [2.45, 2.75) is 25.8 Å². The van der Waals surface area contributed by atoms with Gasteiger partial charge in [0.05, 0.1) is 6.42 Å². The van der Waals surface area contributed by atoms with Crippen LogP contribution in [0.4, 0.5) is 0 Å². The molecule has 0 aromatic carbocycles. The van der Waals surface area contributed by atoms with Crippen LogP contribution >= 0.6 is 0 Å². The van der Waals surface area contributed by atoms with E-state index < -0.39 is 5.54 Å². The summed E-state index contributed by atoms with van der Waals surface area (Å²) in [6, 6.07) is 2.89. The molecule has 2 aromatic heterocycles. The minimum absolute atomic E-state index is 0.0908. The summed E-state index contributed by atoms with van der Waals surface area (Å²) in [5, 5.41) is 10.9. The van der Waals surface area contributed by atoms with E-state index in [-0.39, 0.29) is 10.4 Å². The van der Waals surface area contributed by atoms with Crippen molar-refractivity contribution in [3.8, 4) is 0 Å². The van der Waals surface area contributed by atoms with Crippen molar-refractivity contribution in [2.24, 2.45) is 0 Å². The number of aromatic nitrogens is 2. The summed E-state index contributed by atoms with van der Waals surface area (Å²) >= 11 is 0. The molecule has 2 heterocycles. The monoisotopic (exact) mass is 235 g/mol. The largest absolute Gasteiger partial charge is 0.346 e. The van der Waals surface area contributed by atoms with Crippen LogP contribution in [0.2, 0.25) is 0 Å². The van der Waals surface area contributed by atoms with Gasteiger partial charge in [0.2, 0.25) is 5.54 Å². The summed E-state index contributed by atoms with van der Waals surface area (Å²) in [5.74, 6) is 0. The maximum atomic E-state index is 11.1. The van der Waals surface area contributed by atoms with E-state index in [4.69, 9.17) is 0 Å². The van der Waals surface area contributed by atoms with Crippen LogP contribution in [0, 0.1) is 10.1 Å². The van der Waals surface area contributed by atoms with Crippen LogP contribution in [0.5, 0.6) is 0 Å². The number of imidazole rings is 1. The Morgan fingerprint density at radius 2 is 2.24 bits per heavy atom. The first kappa shape index (κ1) is 11.4. The van der Waals surface area contributed by atoms with Gasteiger partial charge in [-0.15, -0.1) is 0 Å². The lowest BCUT2D eigenvalue weighted by Crippen LogP contribution is -2.33. The number of nitrogens with one attached hydrogen (secondary N) is 1. The first-order chi connectivity index (χ1) is 7.90. The highest BCUT2D eigenvalue weighted by molar-refractivity contribution is 5.40. The highest BCUT2D eigenvalue weighted by atomic mass is 16.6. The molecule has 0 fully saturated rings. The molecule has 90 valence electrons. The molecule has 2 rings (SSSR count). The molecule has 1 N–H and O–H groups in total. The third kappa shape index (κ3) is 2.06. The molecule has 0 amide bonds. The Morgan fingerprint density at radius 1 is 1.53 bits per heavy atom. The first-order valence-electron chi connectivity index (χ1n) is 5.23. The molecule has 0 saturated heterocycles. The van der Waals surface area contributed by atoms with Gasteiger partial charge in [-0.3, -0.25) is 14.9 Å². The lowest BCUT2D eigenvalue weighted by atomic mass is 10.00. The molecule has 0 aliphatic rings. The SMILES string of the molecule is CC(C)(Cc1c[nH]c2cc(=O)ccn12)[N+](=O)[O-]. The molecule has 6 nitrogen and oxygen atoms in total. The standard InChI is InChI=1S/C11H13N3O3/c1-11(2,14(16)17)6-8-7-12-10-5-9(15)3-4-13(8)10/h3-5,7,12H,6H2,1-2H3. The topological polar surface area (TPSA) is 80.4 Å². The van der Waals surface area contributed by atoms with E-state index >= 15 is 0 Å². The second-order valence-corrected chi connectivity index (χ2v) is 4.64. The molecule has 6 heteroatoms. The van der Waals surface area contributed by atoms with Crippen molar-refractivity contribution in [3.63, 3.8) is 0 Å². The van der Waals surface area contributed by atoms with Crippen molar-refractivity contribution < 1.29 is 4.92 Å². The Hall–Kier alpha value is -2.11. The number of H-pyrrole nitrogens is 1. The number of nitro groups is 1. The maximum absolute atomic E-state index is 11.1. The zero-order valence-corrected chi connectivity index (χ0v) is 9.64. The summed E-state index contributed by atoms with van der Waals surface area (Å²) in [5.41, 5.74) is 0.304. The molecule has 0 radical (unpaired) electrons. The fourth-order valence-electron chi connectivity index (χ4n) is 1.71. The average Bonchev–Trinajstić information content (AvgIpc) is 2.60. The quantitative estimate of drug-likeness (QED) is 0.641. The van der Waals surface area contributed by atoms with Gasteiger partial charge < -0.3 is 9.38 Å². The smallest absolute Gasteiger partial charge is 0.222 e. The van der Waals surface area contributed by atoms with Gasteiger partial charge in [0, 0.05) is 49.0 Å². The van der Waals surface area contributed by atoms with E-state index in [0.29, 0.717) is 12.1 Å². The van der Waals surface area contributed by atoms with Crippen LogP contribution in [0.1, 0.15) is 19.5 Å². The van der Waals surface area contributed by atoms with Gasteiger partial charge in [0.15, 0.2) is 5.43 Å². The van der Waals surface area contributed by atoms with Gasteiger partial charge >= 0.3 is 0 Å². The lowest BCUT2D eigenvalue weighted by Gasteiger charge is -2.14. The molecule has 2 aromatic rings. The van der Waals surface area contributed by atoms with Gasteiger partial charge in [-0.1, -0.05) is 0 Å². The van der Waals surface area contributed by atoms with Gasteiger partial charge in [0.1, 0.15) is 5.65 Å². The summed E-state index contributed by atoms with van der Waals surface area (Å²) in [6.45, 7) is 3.16. The molecule has 0 spiro atoms. The van der Waals surface area contributed by atoms with Crippen LogP contribution in [-0.2, 0) is 6.42 Å². The van der Waals surface area contributed by atoms with E-state index in [1.165, 1.54) is 12.1 Å². The van der Waals surface area contributed by atoms with Gasteiger partial charge in [-0.05, 0) is 0 Å². The second-order valence-electron chi connectivity index (χ2n) is 4.64. The molecule has 0 aliphatic carbocycles. The minimum Gasteiger partial charge on any atom is -0.346 e. The highest BCUT2D eigenvalue weighted by Crippen LogP contribution is 2.16. The normalized spacial score (nSPS) is 11.9. The van der Waals surface area contributed by atoms with Crippen LogP contribution in [-0.4, -0.2) is 19.8 Å². The second kappa shape index (κ2) is 3.73. The fraction of sp³-hybridized carbons (Fsp3) is 0.364. The van der Waals surface area contributed by atoms with Crippen molar-refractivity contribution in [1.82, 2.24) is 9.38 Å². The zero-order valence-electron chi connectivity index (χ0n) is 9.64. The van der Waals surface area contributed by atoms with Crippen molar-refractivity contribution in [2.75, 3.05) is 0 Å². The molecule has 0 saturated carbocycles. The molecule has 0 aliphatic heterocycles. The van der Waals surface area contributed by atoms with E-state index in [0.717, 1.165) is 5.69 Å². The molecule has 0 bridgehead atoms. The van der Waals surface area contributed by atoms with Gasteiger partial charge in [0.25, 0.3) is 0 Å². The Labute approximate surface area is 97.0 Å². The van der Waals surface area contributed by atoms with Crippen molar-refractivity contribution in [3.05, 3.63) is 50.6 Å². The molecule has 17 heavy (non-hydrogen) atoms. The Kier molecular flexibility index (Phi) is 2.49. The first-order valence-corrected chi connectivity index (χ1v) is 5.23. The number of pyridine rings is 1. The van der Waals surface area contributed by atoms with Crippen LogP contribution < -0.4 is 5.43 Å². The van der Waals surface area contributed by atoms with Gasteiger partial charge in [-0.2, -0.15) is 0 Å². The fourth-order valence-corrected chi connectivity index (χ4v) is 1.71. The molecule has 0 atom stereocenters. The van der Waals surface area contributed by atoms with Crippen LogP contribution in [0.15, 0.2) is 29.3 Å². The predicted octanol–water partition coefficient (Wildman–Crippen LogP) is 1.23. The summed E-state index contributed by atoms with van der Waals surface area (Å²) in [7, 11) is 0. The Bertz CT molecular complexity index is 624. The third-order valence-corrected chi connectivity index (χ3v) is 2.73. The van der Waals surface area contributed by atoms with E-state index in [9.17, 15) is 14.9 Å². The summed E-state index contributed by atoms with van der Waals surface area (Å²) < 4.78 is 1.76. The zero-order chi connectivity index (χ0) is 12.6. The molecular weight excluding hydrogens is 222 g/mol. The summed E-state index contributed by atoms with van der Waals surface area (Å²) in [4.78, 5) is 24.7. The van der Waals surface area contributed by atoms with Crippen molar-refractivity contribution in [1.29, 1.82) is 0 Å². The predicted molar refractivity (Wildman–Crippen MR) is 62.8 cm³/mol. The minimum atomic E-state index is -1.03. The number of rotatable bonds is 3. The summed E-state index contributed by atoms with van der Waals surface area (Å²) in [6.07, 6.45) is 3.61. The Morgan fingerprint density at radius 3 is 2.88 bits per heavy atom.